The molecular formula is C19H21ClN2O4. The Labute approximate surface area is 157 Å². The van der Waals surface area contributed by atoms with Crippen LogP contribution >= 0.6 is 11.6 Å². The molecule has 0 aliphatic rings. The van der Waals surface area contributed by atoms with E-state index in [1.54, 1.807) is 43.3 Å². The lowest BCUT2D eigenvalue weighted by Gasteiger charge is -2.14. The Balaban J connectivity index is 1.78. The summed E-state index contributed by atoms with van der Waals surface area (Å²) in [7, 11) is 3.86. The van der Waals surface area contributed by atoms with Crippen molar-refractivity contribution in [3.63, 3.8) is 0 Å². The van der Waals surface area contributed by atoms with Crippen molar-refractivity contribution in [3.8, 4) is 5.75 Å². The molecule has 26 heavy (non-hydrogen) atoms. The van der Waals surface area contributed by atoms with Gasteiger partial charge in [-0.2, -0.15) is 0 Å². The Morgan fingerprint density at radius 3 is 2.27 bits per heavy atom. The van der Waals surface area contributed by atoms with Crippen LogP contribution in [0.3, 0.4) is 0 Å². The maximum absolute atomic E-state index is 11.9. The van der Waals surface area contributed by atoms with Gasteiger partial charge in [0.1, 0.15) is 5.75 Å². The topological polar surface area (TPSA) is 67.9 Å². The third-order valence-electron chi connectivity index (χ3n) is 3.47. The summed E-state index contributed by atoms with van der Waals surface area (Å²) < 4.78 is 10.4. The molecule has 2 rings (SSSR count). The monoisotopic (exact) mass is 376 g/mol. The molecule has 7 heteroatoms. The molecule has 6 nitrogen and oxygen atoms in total. The summed E-state index contributed by atoms with van der Waals surface area (Å²) in [5, 5.41) is 3.24. The normalized spacial score (nSPS) is 11.4. The Kier molecular flexibility index (Phi) is 6.86. The maximum Gasteiger partial charge on any atom is 0.347 e. The van der Waals surface area contributed by atoms with Crippen LogP contribution in [0, 0.1) is 0 Å². The molecule has 0 unspecified atom stereocenters. The highest BCUT2D eigenvalue weighted by Crippen LogP contribution is 2.17. The van der Waals surface area contributed by atoms with Gasteiger partial charge in [0.25, 0.3) is 5.91 Å². The fraction of sp³-hybridized carbons (Fsp3) is 0.263. The highest BCUT2D eigenvalue weighted by Gasteiger charge is 2.18. The molecule has 0 aromatic heterocycles. The summed E-state index contributed by atoms with van der Waals surface area (Å²) in [6.07, 6.45) is -0.844. The zero-order chi connectivity index (χ0) is 19.1. The van der Waals surface area contributed by atoms with Crippen LogP contribution in [-0.4, -0.2) is 38.7 Å². The molecule has 1 atom stereocenters. The van der Waals surface area contributed by atoms with E-state index in [-0.39, 0.29) is 6.61 Å². The number of carbonyl (C=O) groups is 2. The number of hydrogen-bond acceptors (Lipinski definition) is 5. The predicted octanol–water partition coefficient (Wildman–Crippen LogP) is 3.36. The van der Waals surface area contributed by atoms with Gasteiger partial charge in [0.05, 0.1) is 0 Å². The Morgan fingerprint density at radius 1 is 1.08 bits per heavy atom. The van der Waals surface area contributed by atoms with Crippen LogP contribution in [0.2, 0.25) is 5.02 Å². The van der Waals surface area contributed by atoms with E-state index in [0.29, 0.717) is 16.5 Å². The first-order valence-corrected chi connectivity index (χ1v) is 8.39. The van der Waals surface area contributed by atoms with E-state index in [4.69, 9.17) is 21.1 Å². The summed E-state index contributed by atoms with van der Waals surface area (Å²) in [6, 6.07) is 13.9. The first kappa shape index (κ1) is 19.6. The molecule has 0 radical (unpaired) electrons. The predicted molar refractivity (Wildman–Crippen MR) is 102 cm³/mol. The molecule has 0 saturated heterocycles. The van der Waals surface area contributed by atoms with E-state index < -0.39 is 18.0 Å². The van der Waals surface area contributed by atoms with E-state index in [1.807, 2.05) is 31.1 Å². The van der Waals surface area contributed by atoms with Crippen LogP contribution in [-0.2, 0) is 14.3 Å². The van der Waals surface area contributed by atoms with Crippen molar-refractivity contribution in [1.29, 1.82) is 0 Å². The molecule has 1 amide bonds. The third-order valence-corrected chi connectivity index (χ3v) is 3.72. The first-order chi connectivity index (χ1) is 12.3. The zero-order valence-electron chi connectivity index (χ0n) is 14.9. The van der Waals surface area contributed by atoms with Crippen LogP contribution in [0.5, 0.6) is 5.75 Å². The van der Waals surface area contributed by atoms with Gasteiger partial charge in [0.15, 0.2) is 12.7 Å². The van der Waals surface area contributed by atoms with E-state index >= 15 is 0 Å². The molecule has 0 aliphatic heterocycles. The van der Waals surface area contributed by atoms with Gasteiger partial charge in [0, 0.05) is 30.5 Å². The second-order valence-corrected chi connectivity index (χ2v) is 6.25. The van der Waals surface area contributed by atoms with E-state index in [0.717, 1.165) is 5.69 Å². The van der Waals surface area contributed by atoms with Crippen LogP contribution in [0.4, 0.5) is 11.4 Å². The fourth-order valence-electron chi connectivity index (χ4n) is 2.06. The SMILES string of the molecule is C[C@H](Oc1ccc(Cl)cc1)C(=O)OCC(=O)Nc1ccc(N(C)C)cc1. The summed E-state index contributed by atoms with van der Waals surface area (Å²) in [4.78, 5) is 25.8. The Hall–Kier alpha value is -2.73. The van der Waals surface area contributed by atoms with Gasteiger partial charge in [-0.3, -0.25) is 4.79 Å². The highest BCUT2D eigenvalue weighted by molar-refractivity contribution is 6.30. The number of rotatable bonds is 7. The minimum Gasteiger partial charge on any atom is -0.479 e. The van der Waals surface area contributed by atoms with Crippen LogP contribution < -0.4 is 15.0 Å². The smallest absolute Gasteiger partial charge is 0.347 e. The van der Waals surface area contributed by atoms with Crippen molar-refractivity contribution in [2.45, 2.75) is 13.0 Å². The summed E-state index contributed by atoms with van der Waals surface area (Å²) in [5.74, 6) is -0.558. The highest BCUT2D eigenvalue weighted by atomic mass is 35.5. The van der Waals surface area contributed by atoms with Gasteiger partial charge in [-0.05, 0) is 55.5 Å². The average Bonchev–Trinajstić information content (AvgIpc) is 2.62. The number of esters is 1. The lowest BCUT2D eigenvalue weighted by Crippen LogP contribution is -2.29. The second kappa shape index (κ2) is 9.10. The number of hydrogen-bond donors (Lipinski definition) is 1. The third kappa shape index (κ3) is 5.97. The molecule has 0 aliphatic carbocycles. The number of nitrogens with zero attached hydrogens (tertiary/aromatic N) is 1. The molecule has 138 valence electrons. The number of ether oxygens (including phenoxy) is 2. The number of nitrogens with one attached hydrogen (secondary N) is 1. The summed E-state index contributed by atoms with van der Waals surface area (Å²) in [5.41, 5.74) is 1.64. The first-order valence-electron chi connectivity index (χ1n) is 8.01. The van der Waals surface area contributed by atoms with Gasteiger partial charge < -0.3 is 19.7 Å². The minimum absolute atomic E-state index is 0.386. The van der Waals surface area contributed by atoms with Crippen molar-refractivity contribution in [1.82, 2.24) is 0 Å². The Bertz CT molecular complexity index is 745. The van der Waals surface area contributed by atoms with Crippen molar-refractivity contribution < 1.29 is 19.1 Å². The summed E-state index contributed by atoms with van der Waals surface area (Å²) in [6.45, 7) is 1.16. The number of anilines is 2. The van der Waals surface area contributed by atoms with E-state index in [1.165, 1.54) is 0 Å². The quantitative estimate of drug-likeness (QED) is 0.750. The van der Waals surface area contributed by atoms with Gasteiger partial charge >= 0.3 is 5.97 Å². The standard InChI is InChI=1S/C19H21ClN2O4/c1-13(26-17-10-4-14(20)5-11-17)19(24)25-12-18(23)21-15-6-8-16(9-7-15)22(2)3/h4-11,13H,12H2,1-3H3,(H,21,23)/t13-/m0/s1. The molecule has 1 N–H and O–H groups in total. The molecular weight excluding hydrogens is 356 g/mol. The molecule has 2 aromatic carbocycles. The molecule has 0 saturated carbocycles. The molecule has 0 spiro atoms. The second-order valence-electron chi connectivity index (χ2n) is 5.81. The van der Waals surface area contributed by atoms with Crippen LogP contribution in [0.15, 0.2) is 48.5 Å². The van der Waals surface area contributed by atoms with Crippen molar-refractivity contribution in [3.05, 3.63) is 53.6 Å². The van der Waals surface area contributed by atoms with Gasteiger partial charge in [-0.15, -0.1) is 0 Å². The van der Waals surface area contributed by atoms with Crippen molar-refractivity contribution >= 4 is 34.9 Å². The van der Waals surface area contributed by atoms with Gasteiger partial charge in [0.2, 0.25) is 0 Å². The minimum atomic E-state index is -0.844. The zero-order valence-corrected chi connectivity index (χ0v) is 15.6. The van der Waals surface area contributed by atoms with Crippen LogP contribution in [0.1, 0.15) is 6.92 Å². The van der Waals surface area contributed by atoms with Crippen molar-refractivity contribution in [2.75, 3.05) is 30.9 Å². The van der Waals surface area contributed by atoms with Crippen molar-refractivity contribution in [2.24, 2.45) is 0 Å². The van der Waals surface area contributed by atoms with E-state index in [2.05, 4.69) is 5.32 Å². The largest absolute Gasteiger partial charge is 0.479 e. The average molecular weight is 377 g/mol. The maximum atomic E-state index is 11.9. The lowest BCUT2D eigenvalue weighted by molar-refractivity contribution is -0.153. The number of halogens is 1. The number of carbonyl (C=O) groups excluding carboxylic acids is 2. The summed E-state index contributed by atoms with van der Waals surface area (Å²) >= 11 is 5.79. The van der Waals surface area contributed by atoms with Gasteiger partial charge in [-0.1, -0.05) is 11.6 Å². The molecule has 0 heterocycles. The molecule has 0 bridgehead atoms. The Morgan fingerprint density at radius 2 is 1.69 bits per heavy atom. The number of amides is 1. The van der Waals surface area contributed by atoms with Crippen LogP contribution in [0.25, 0.3) is 0 Å². The molecule has 2 aromatic rings. The fourth-order valence-corrected chi connectivity index (χ4v) is 2.19. The lowest BCUT2D eigenvalue weighted by atomic mass is 10.2. The number of benzene rings is 2. The van der Waals surface area contributed by atoms with E-state index in [9.17, 15) is 9.59 Å². The molecule has 0 fully saturated rings. The van der Waals surface area contributed by atoms with Gasteiger partial charge in [-0.25, -0.2) is 4.79 Å².